The topological polar surface area (TPSA) is 488 Å². The molecule has 2 atom stereocenters. The minimum Gasteiger partial charge on any atom is -0.434 e. The van der Waals surface area contributed by atoms with Gasteiger partial charge in [-0.25, -0.2) is 71.7 Å². The Bertz CT molecular complexity index is 8090. The predicted molar refractivity (Wildman–Crippen MR) is 510 cm³/mol. The van der Waals surface area contributed by atoms with Crippen LogP contribution in [0.25, 0.3) is 67.6 Å². The van der Waals surface area contributed by atoms with Gasteiger partial charge in [0.1, 0.15) is 68.0 Å². The van der Waals surface area contributed by atoms with Gasteiger partial charge >= 0.3 is 26.4 Å². The number of carbonyl (C=O) groups is 4. The van der Waals surface area contributed by atoms with E-state index < -0.39 is 99.9 Å². The zero-order valence-corrected chi connectivity index (χ0v) is 81.2. The third-order valence-electron chi connectivity index (χ3n) is 22.8. The molecular formula is C92H86F8N26O16S4. The van der Waals surface area contributed by atoms with Crippen LogP contribution in [0.1, 0.15) is 73.2 Å². The van der Waals surface area contributed by atoms with E-state index in [1.54, 1.807) is 89.4 Å². The Labute approximate surface area is 824 Å². The molecule has 4 N–H and O–H groups in total. The van der Waals surface area contributed by atoms with Crippen molar-refractivity contribution in [2.75, 3.05) is 67.8 Å². The van der Waals surface area contributed by atoms with E-state index in [4.69, 9.17) is 4.74 Å². The van der Waals surface area contributed by atoms with Crippen LogP contribution < -0.4 is 40.2 Å². The summed E-state index contributed by atoms with van der Waals surface area (Å²) < 4.78 is 240. The molecule has 0 aliphatic carbocycles. The number of anilines is 4. The van der Waals surface area contributed by atoms with Crippen molar-refractivity contribution >= 4 is 108 Å². The molecule has 2 aliphatic heterocycles. The molecule has 146 heavy (non-hydrogen) atoms. The van der Waals surface area contributed by atoms with E-state index in [1.165, 1.54) is 172 Å². The molecule has 14 heterocycles. The van der Waals surface area contributed by atoms with Gasteiger partial charge in [-0.2, -0.15) is 75.9 Å². The highest BCUT2D eigenvalue weighted by Gasteiger charge is 2.38. The molecule has 0 saturated carbocycles. The molecular weight excluding hydrogens is 2010 g/mol. The van der Waals surface area contributed by atoms with Crippen molar-refractivity contribution in [3.8, 4) is 68.0 Å². The van der Waals surface area contributed by atoms with Crippen LogP contribution in [0.15, 0.2) is 245 Å². The molecule has 2 aliphatic rings. The smallest absolute Gasteiger partial charge is 0.387 e. The first-order chi connectivity index (χ1) is 69.6. The fraction of sp³-hybridized carbons (Fsp3) is 0.239. The van der Waals surface area contributed by atoms with Crippen LogP contribution in [0.3, 0.4) is 0 Å². The number of hydrogen-bond acceptors (Lipinski definition) is 30. The normalized spacial score (nSPS) is 14.2. The summed E-state index contributed by atoms with van der Waals surface area (Å²) in [6.07, 6.45) is 27.3. The van der Waals surface area contributed by atoms with Gasteiger partial charge in [-0.15, -0.1) is 0 Å². The van der Waals surface area contributed by atoms with Crippen LogP contribution in [0.2, 0.25) is 0 Å². The highest BCUT2D eigenvalue weighted by molar-refractivity contribution is 7.92. The molecule has 2 fully saturated rings. The molecule has 0 spiro atoms. The van der Waals surface area contributed by atoms with Crippen LogP contribution in [0, 0.1) is 0 Å². The van der Waals surface area contributed by atoms with Crippen molar-refractivity contribution in [2.45, 2.75) is 94.0 Å². The maximum Gasteiger partial charge on any atom is 0.387 e. The van der Waals surface area contributed by atoms with Crippen molar-refractivity contribution in [3.63, 3.8) is 0 Å². The molecule has 0 radical (unpaired) electrons. The number of sulfone groups is 4. The van der Waals surface area contributed by atoms with Gasteiger partial charge < -0.3 is 50.0 Å². The van der Waals surface area contributed by atoms with Gasteiger partial charge in [0.05, 0.1) is 82.5 Å². The number of hydrogen-bond donors (Lipinski definition) is 4. The maximum atomic E-state index is 13.6. The number of aromatic nitrogens is 20. The van der Waals surface area contributed by atoms with E-state index in [0.29, 0.717) is 68.0 Å². The van der Waals surface area contributed by atoms with Gasteiger partial charge in [0.15, 0.2) is 52.1 Å². The van der Waals surface area contributed by atoms with Crippen LogP contribution in [-0.2, 0) is 74.0 Å². The van der Waals surface area contributed by atoms with Gasteiger partial charge in [-0.05, 0) is 161 Å². The molecule has 42 nitrogen and oxygen atoms in total. The second-order valence-electron chi connectivity index (χ2n) is 33.1. The van der Waals surface area contributed by atoms with E-state index >= 15 is 0 Å². The molecule has 5 aromatic carbocycles. The lowest BCUT2D eigenvalue weighted by Crippen LogP contribution is -2.25. The largest absolute Gasteiger partial charge is 0.434 e. The number of ether oxygens (including phenoxy) is 4. The number of carbonyl (C=O) groups excluding carboxylic acids is 4. The van der Waals surface area contributed by atoms with E-state index in [9.17, 15) is 88.0 Å². The molecule has 760 valence electrons. The van der Waals surface area contributed by atoms with Gasteiger partial charge in [0, 0.05) is 144 Å². The predicted octanol–water partition coefficient (Wildman–Crippen LogP) is 12.1. The van der Waals surface area contributed by atoms with Crippen molar-refractivity contribution in [1.29, 1.82) is 0 Å². The fourth-order valence-corrected chi connectivity index (χ4v) is 21.7. The Balaban J connectivity index is 0.000000140. The van der Waals surface area contributed by atoms with Crippen molar-refractivity contribution < 1.29 is 107 Å². The van der Waals surface area contributed by atoms with E-state index in [-0.39, 0.29) is 138 Å². The number of nitrogens with zero attached hydrogens (tertiary/aromatic N) is 22. The SMILES string of the molecule is CCCc1cccc(S(=O)(=O)c2ccc(OC(F)F)c(-c3nn(C)cc3NC(=O)c3cnn4cccnc34)c2)c1.CN1CCC(S(=O)(=O)c2ccc(OC(F)F)c(-c3nn(C)cc3NC(=O)c3cnn4cccnc34)c2)C1.CN1CCC(S(=O)(=O)c2ccc(OC(F)F)c(-c3nn(C)cc3NC(=O)c3cnn4cccnc34)c2)C1.Cn1cc(NC(=O)c2cnn3cccnc23)c(-c2cc(S(C)(=O)=O)ccc2OC(F)F)n1. The Morgan fingerprint density at radius 3 is 0.938 bits per heavy atom. The van der Waals surface area contributed by atoms with Gasteiger partial charge in [-0.1, -0.05) is 25.5 Å². The van der Waals surface area contributed by atoms with Crippen molar-refractivity contribution in [1.82, 2.24) is 107 Å². The quantitative estimate of drug-likeness (QED) is 0.0316. The molecule has 12 aromatic heterocycles. The lowest BCUT2D eigenvalue weighted by Gasteiger charge is -2.16. The molecule has 4 amide bonds. The number of likely N-dealkylation sites (tertiary alicyclic amines) is 2. The minimum atomic E-state index is -4.03. The summed E-state index contributed by atoms with van der Waals surface area (Å²) in [7, 11) is -5.24. The molecule has 2 unspecified atom stereocenters. The summed E-state index contributed by atoms with van der Waals surface area (Å²) in [5.41, 5.74) is 3.61. The molecule has 2 saturated heterocycles. The third-order valence-corrected chi connectivity index (χ3v) is 30.0. The Morgan fingerprint density at radius 2 is 0.658 bits per heavy atom. The Kier molecular flexibility index (Phi) is 30.0. The number of halogens is 8. The number of alkyl halides is 8. The second-order valence-corrected chi connectivity index (χ2v) is 41.5. The standard InChI is InChI=1S/C27H24F2N6O4S.2C23H23F2N7O4S.C19H16F2N6O4S/c1-3-6-17-7-4-8-18(13-17)40(37,38)19-9-10-23(39-27(28)29)20(14-19)24-22(16-34(2)33-24)32-26(36)21-15-31-35-12-5-11-30-25(21)35;2*1-30-9-6-15(12-30)37(34,35)14-4-5-19(36-23(24)25)16(10-14)20-18(13-31(2)29-20)28-22(33)17-11-27-32-8-3-7-26-21(17)32;1-26-10-14(24-18(28)13-9-23-27-7-3-6-22-17(13)27)16(25-26)12-8-11(32(2,29)30)4-5-15(12)31-19(20)21/h4-5,7-16,27H,3,6H2,1-2H3,(H,32,36);2*3-5,7-8,10-11,13,15,23H,6,9,12H2,1-2H3,(H,28,33);3-10,19H,1-2H3,(H,24,28). The maximum absolute atomic E-state index is 13.6. The lowest BCUT2D eigenvalue weighted by molar-refractivity contribution is -0.0501. The Morgan fingerprint density at radius 1 is 0.377 bits per heavy atom. The van der Waals surface area contributed by atoms with Gasteiger partial charge in [0.25, 0.3) is 23.6 Å². The zero-order chi connectivity index (χ0) is 104. The summed E-state index contributed by atoms with van der Waals surface area (Å²) in [4.78, 5) is 72.4. The number of aryl methyl sites for hydroxylation is 5. The van der Waals surface area contributed by atoms with Crippen molar-refractivity contribution in [3.05, 3.63) is 248 Å². The zero-order valence-electron chi connectivity index (χ0n) is 77.9. The lowest BCUT2D eigenvalue weighted by atomic mass is 10.1. The van der Waals surface area contributed by atoms with Gasteiger partial charge in [0.2, 0.25) is 9.84 Å². The minimum absolute atomic E-state index is 0.00150. The fourth-order valence-electron chi connectivity index (χ4n) is 16.1. The van der Waals surface area contributed by atoms with E-state index in [0.717, 1.165) is 36.4 Å². The first-order valence-corrected chi connectivity index (χ1v) is 50.3. The average molecular weight is 2090 g/mol. The number of benzene rings is 5. The first-order valence-electron chi connectivity index (χ1n) is 43.9. The molecule has 17 aromatic rings. The van der Waals surface area contributed by atoms with Crippen LogP contribution in [0.4, 0.5) is 57.9 Å². The summed E-state index contributed by atoms with van der Waals surface area (Å²) in [6, 6.07) is 27.6. The molecule has 19 rings (SSSR count). The first kappa shape index (κ1) is 103. The monoisotopic (exact) mass is 2090 g/mol. The van der Waals surface area contributed by atoms with Crippen molar-refractivity contribution in [2.24, 2.45) is 28.2 Å². The number of fused-ring (bicyclic) bond motifs is 4. The third kappa shape index (κ3) is 22.7. The van der Waals surface area contributed by atoms with E-state index in [2.05, 4.69) is 96.2 Å². The summed E-state index contributed by atoms with van der Waals surface area (Å²) >= 11 is 0. The summed E-state index contributed by atoms with van der Waals surface area (Å²) in [6.45, 7) is -8.65. The molecule has 0 bridgehead atoms. The molecule has 54 heteroatoms. The number of rotatable bonds is 29. The average Bonchev–Trinajstić information content (AvgIpc) is 1.63. The highest BCUT2D eigenvalue weighted by atomic mass is 32.2. The van der Waals surface area contributed by atoms with Crippen LogP contribution in [-0.4, -0.2) is 248 Å². The second kappa shape index (κ2) is 42.7. The summed E-state index contributed by atoms with van der Waals surface area (Å²) in [5.74, 6) is -3.40. The summed E-state index contributed by atoms with van der Waals surface area (Å²) in [5, 5.41) is 43.0. The highest BCUT2D eigenvalue weighted by Crippen LogP contribution is 2.44. The number of nitrogens with one attached hydrogen (secondary N) is 4. The number of amides is 4. The van der Waals surface area contributed by atoms with Crippen LogP contribution in [0.5, 0.6) is 23.0 Å². The van der Waals surface area contributed by atoms with Crippen LogP contribution >= 0.6 is 0 Å². The van der Waals surface area contributed by atoms with E-state index in [1.807, 2.05) is 36.9 Å². The Hall–Kier alpha value is -16.3. The van der Waals surface area contributed by atoms with Gasteiger partial charge in [-0.3, -0.25) is 37.9 Å².